The maximum Gasteiger partial charge on any atom is 0.293 e. The maximum absolute atomic E-state index is 13.5. The van der Waals surface area contributed by atoms with Crippen molar-refractivity contribution >= 4 is 23.3 Å². The van der Waals surface area contributed by atoms with Crippen molar-refractivity contribution in [3.63, 3.8) is 0 Å². The third kappa shape index (κ3) is 4.26. The van der Waals surface area contributed by atoms with Crippen LogP contribution in [0.15, 0.2) is 30.9 Å². The van der Waals surface area contributed by atoms with Crippen LogP contribution in [0, 0.1) is 31.0 Å². The highest BCUT2D eigenvalue weighted by atomic mass is 19.3. The zero-order chi connectivity index (χ0) is 24.7. The number of benzene rings is 1. The van der Waals surface area contributed by atoms with E-state index in [9.17, 15) is 27.6 Å². The summed E-state index contributed by atoms with van der Waals surface area (Å²) >= 11 is 0. The molecule has 1 aliphatic carbocycles. The Morgan fingerprint density at radius 1 is 1.24 bits per heavy atom. The van der Waals surface area contributed by atoms with E-state index in [1.54, 1.807) is 6.07 Å². The van der Waals surface area contributed by atoms with Gasteiger partial charge in [0.1, 0.15) is 17.6 Å². The van der Waals surface area contributed by atoms with Crippen LogP contribution in [0.1, 0.15) is 50.5 Å². The van der Waals surface area contributed by atoms with Gasteiger partial charge in [-0.3, -0.25) is 14.4 Å². The number of aromatic nitrogens is 1. The highest BCUT2D eigenvalue weighted by Crippen LogP contribution is 2.46. The number of alkyl halides is 2. The van der Waals surface area contributed by atoms with Crippen LogP contribution in [0.25, 0.3) is 0 Å². The normalized spacial score (nSPS) is 15.7. The Labute approximate surface area is 187 Å². The third-order valence-corrected chi connectivity index (χ3v) is 5.82. The van der Waals surface area contributed by atoms with Crippen LogP contribution in [0.2, 0.25) is 0 Å². The van der Waals surface area contributed by atoms with Crippen LogP contribution < -0.4 is 10.6 Å². The number of anilines is 1. The zero-order valence-corrected chi connectivity index (χ0v) is 18.2. The molecule has 1 aliphatic rings. The summed E-state index contributed by atoms with van der Waals surface area (Å²) in [7, 11) is 1.52. The fraction of sp³-hybridized carbons (Fsp3) is 0.304. The van der Waals surface area contributed by atoms with Crippen molar-refractivity contribution in [3.8, 4) is 6.07 Å². The Bertz CT molecular complexity index is 1230. The second kappa shape index (κ2) is 8.24. The number of nitrogens with one attached hydrogen (secondary N) is 2. The van der Waals surface area contributed by atoms with E-state index in [4.69, 9.17) is 5.26 Å². The molecule has 0 atom stereocenters. The summed E-state index contributed by atoms with van der Waals surface area (Å²) in [5.41, 5.74) is -0.877. The Kier molecular flexibility index (Phi) is 5.94. The molecule has 1 fully saturated rings. The van der Waals surface area contributed by atoms with E-state index in [-0.39, 0.29) is 28.1 Å². The number of ketones is 1. The van der Waals surface area contributed by atoms with Crippen molar-refractivity contribution < 1.29 is 27.6 Å². The van der Waals surface area contributed by atoms with Gasteiger partial charge in [0, 0.05) is 31.3 Å². The minimum atomic E-state index is -2.94. The molecule has 0 radical (unpaired) electrons. The standard InChI is InChI=1S/C23H21F3N4O3/c1-5-22(10-23(25,26)11-22)29-21(33)19(31)17-12(2)18(30(4)13(17)3)20(32)28-15-6-7-16(24)14(8-15)9-27/h5-8H,1,10-11H2,2-4H3,(H,28,32)(H,29,33). The molecular formula is C23H21F3N4O3. The van der Waals surface area contributed by atoms with Crippen molar-refractivity contribution in [2.45, 2.75) is 38.2 Å². The number of carbonyl (C=O) groups is 3. The molecule has 2 amide bonds. The largest absolute Gasteiger partial charge is 0.343 e. The van der Waals surface area contributed by atoms with Gasteiger partial charge in [-0.1, -0.05) is 6.08 Å². The first-order valence-corrected chi connectivity index (χ1v) is 9.90. The monoisotopic (exact) mass is 458 g/mol. The molecule has 33 heavy (non-hydrogen) atoms. The second-order valence-electron chi connectivity index (χ2n) is 8.11. The molecule has 0 spiro atoms. The molecule has 10 heteroatoms. The molecule has 0 saturated heterocycles. The number of nitrogens with zero attached hydrogens (tertiary/aromatic N) is 2. The van der Waals surface area contributed by atoms with Crippen molar-refractivity contribution in [1.29, 1.82) is 5.26 Å². The SMILES string of the molecule is C=CC1(NC(=O)C(=O)c2c(C)c(C(=O)Nc3ccc(F)c(C#N)c3)n(C)c2C)CC(F)(F)C1. The van der Waals surface area contributed by atoms with Gasteiger partial charge in [0.2, 0.25) is 0 Å². The lowest BCUT2D eigenvalue weighted by molar-refractivity contribution is -0.135. The van der Waals surface area contributed by atoms with Gasteiger partial charge in [0.05, 0.1) is 16.7 Å². The number of Topliss-reactive ketones (excluding diaryl/α,β-unsaturated/α-hetero) is 1. The van der Waals surface area contributed by atoms with Crippen LogP contribution in [0.5, 0.6) is 0 Å². The molecule has 0 aliphatic heterocycles. The Morgan fingerprint density at radius 3 is 2.42 bits per heavy atom. The molecule has 172 valence electrons. The lowest BCUT2D eigenvalue weighted by atomic mass is 9.73. The number of hydrogen-bond donors (Lipinski definition) is 2. The van der Waals surface area contributed by atoms with Crippen LogP contribution in [-0.2, 0) is 11.8 Å². The molecule has 7 nitrogen and oxygen atoms in total. The Hall–Kier alpha value is -3.87. The zero-order valence-electron chi connectivity index (χ0n) is 18.2. The lowest BCUT2D eigenvalue weighted by Gasteiger charge is -2.45. The van der Waals surface area contributed by atoms with Crippen LogP contribution in [0.3, 0.4) is 0 Å². The van der Waals surface area contributed by atoms with Gasteiger partial charge in [-0.05, 0) is 37.6 Å². The van der Waals surface area contributed by atoms with Crippen LogP contribution in [-0.4, -0.2) is 33.6 Å². The van der Waals surface area contributed by atoms with Crippen LogP contribution >= 0.6 is 0 Å². The van der Waals surface area contributed by atoms with Crippen molar-refractivity contribution in [2.24, 2.45) is 7.05 Å². The number of nitriles is 1. The minimum absolute atomic E-state index is 0.0257. The molecule has 2 aromatic rings. The summed E-state index contributed by atoms with van der Waals surface area (Å²) in [6.45, 7) is 6.50. The average molecular weight is 458 g/mol. The first kappa shape index (κ1) is 23.8. The van der Waals surface area contributed by atoms with E-state index in [0.29, 0.717) is 5.69 Å². The smallest absolute Gasteiger partial charge is 0.293 e. The summed E-state index contributed by atoms with van der Waals surface area (Å²) in [6.07, 6.45) is -0.103. The summed E-state index contributed by atoms with van der Waals surface area (Å²) in [5, 5.41) is 13.8. The van der Waals surface area contributed by atoms with Crippen molar-refractivity contribution in [2.75, 3.05) is 5.32 Å². The van der Waals surface area contributed by atoms with E-state index in [1.807, 2.05) is 0 Å². The van der Waals surface area contributed by atoms with E-state index in [1.165, 1.54) is 43.7 Å². The third-order valence-electron chi connectivity index (χ3n) is 5.82. The summed E-state index contributed by atoms with van der Waals surface area (Å²) in [6, 6.07) is 5.16. The van der Waals surface area contributed by atoms with E-state index < -0.39 is 47.7 Å². The second-order valence-corrected chi connectivity index (χ2v) is 8.11. The van der Waals surface area contributed by atoms with Gasteiger partial charge < -0.3 is 15.2 Å². The van der Waals surface area contributed by atoms with E-state index >= 15 is 0 Å². The molecule has 1 heterocycles. The predicted molar refractivity (Wildman–Crippen MR) is 114 cm³/mol. The first-order valence-electron chi connectivity index (χ1n) is 9.90. The Morgan fingerprint density at radius 2 is 1.88 bits per heavy atom. The minimum Gasteiger partial charge on any atom is -0.343 e. The number of amides is 2. The number of carbonyl (C=O) groups excluding carboxylic acids is 3. The number of rotatable bonds is 6. The van der Waals surface area contributed by atoms with Crippen LogP contribution in [0.4, 0.5) is 18.9 Å². The van der Waals surface area contributed by atoms with Gasteiger partial charge in [0.15, 0.2) is 0 Å². The number of halogens is 3. The molecule has 1 saturated carbocycles. The highest BCUT2D eigenvalue weighted by Gasteiger charge is 2.56. The number of hydrogen-bond acceptors (Lipinski definition) is 4. The predicted octanol–water partition coefficient (Wildman–Crippen LogP) is 3.56. The fourth-order valence-electron chi connectivity index (χ4n) is 4.06. The van der Waals surface area contributed by atoms with E-state index in [0.717, 1.165) is 6.07 Å². The maximum atomic E-state index is 13.5. The molecule has 3 rings (SSSR count). The van der Waals surface area contributed by atoms with Crippen molar-refractivity contribution in [1.82, 2.24) is 9.88 Å². The van der Waals surface area contributed by atoms with Gasteiger partial charge >= 0.3 is 0 Å². The lowest BCUT2D eigenvalue weighted by Crippen LogP contribution is -2.62. The summed E-state index contributed by atoms with van der Waals surface area (Å²) in [5.74, 6) is -6.37. The molecule has 0 bridgehead atoms. The first-order chi connectivity index (χ1) is 15.3. The van der Waals surface area contributed by atoms with Gasteiger partial charge in [-0.15, -0.1) is 6.58 Å². The molecule has 1 aromatic carbocycles. The molecular weight excluding hydrogens is 437 g/mol. The molecule has 0 unspecified atom stereocenters. The van der Waals surface area contributed by atoms with Gasteiger partial charge in [0.25, 0.3) is 23.5 Å². The molecule has 1 aromatic heterocycles. The fourth-order valence-corrected chi connectivity index (χ4v) is 4.06. The molecule has 2 N–H and O–H groups in total. The quantitative estimate of drug-likeness (QED) is 0.392. The average Bonchev–Trinajstić information content (AvgIpc) is 2.95. The summed E-state index contributed by atoms with van der Waals surface area (Å²) in [4.78, 5) is 38.4. The summed E-state index contributed by atoms with van der Waals surface area (Å²) < 4.78 is 41.6. The Balaban J connectivity index is 1.86. The highest BCUT2D eigenvalue weighted by molar-refractivity contribution is 6.44. The van der Waals surface area contributed by atoms with E-state index in [2.05, 4.69) is 17.2 Å². The van der Waals surface area contributed by atoms with Gasteiger partial charge in [-0.25, -0.2) is 13.2 Å². The van der Waals surface area contributed by atoms with Gasteiger partial charge in [-0.2, -0.15) is 5.26 Å². The topological polar surface area (TPSA) is 104 Å². The van der Waals surface area contributed by atoms with Crippen molar-refractivity contribution in [3.05, 3.63) is 64.7 Å².